The Morgan fingerprint density at radius 3 is 1.96 bits per heavy atom. The van der Waals surface area contributed by atoms with Crippen molar-refractivity contribution >= 4 is 6.29 Å². The van der Waals surface area contributed by atoms with Crippen molar-refractivity contribution in [3.8, 4) is 0 Å². The van der Waals surface area contributed by atoms with Gasteiger partial charge in [0, 0.05) is 0 Å². The molecular weight excluding hydrogens is 320 g/mol. The summed E-state index contributed by atoms with van der Waals surface area (Å²) in [7, 11) is 0. The summed E-state index contributed by atoms with van der Waals surface area (Å²) in [5.74, 6) is 0. The van der Waals surface area contributed by atoms with Crippen LogP contribution in [0.2, 0.25) is 0 Å². The second-order valence-electron chi connectivity index (χ2n) is 5.43. The molecule has 23 heavy (non-hydrogen) atoms. The summed E-state index contributed by atoms with van der Waals surface area (Å²) in [6.07, 6.45) is -16.1. The monoisotopic (exact) mass is 342 g/mol. The molecule has 136 valence electrons. The highest BCUT2D eigenvalue weighted by Gasteiger charge is 2.60. The lowest BCUT2D eigenvalue weighted by atomic mass is 9.83. The van der Waals surface area contributed by atoms with E-state index in [2.05, 4.69) is 0 Å². The van der Waals surface area contributed by atoms with Crippen molar-refractivity contribution < 1.29 is 55.5 Å². The maximum atomic E-state index is 10.4. The Morgan fingerprint density at radius 2 is 1.57 bits per heavy atom. The minimum absolute atomic E-state index is 0.110. The topological polar surface area (TPSA) is 208 Å². The average Bonchev–Trinajstić information content (AvgIpc) is 2.83. The van der Waals surface area contributed by atoms with Gasteiger partial charge in [-0.15, -0.1) is 0 Å². The summed E-state index contributed by atoms with van der Waals surface area (Å²) < 4.78 is 5.04. The molecule has 0 aromatic carbocycles. The Morgan fingerprint density at radius 1 is 1.00 bits per heavy atom. The second-order valence-corrected chi connectivity index (χ2v) is 5.43. The Hall–Kier alpha value is -0.730. The standard InChI is InChI=1S/C12H22O11/c13-1-4(16)6(17)8(19)9(20)11(22)12(3-15)10(21)7(18)5(2-14)23-12/h1,4-11,14-22H,2-3H2/t4-,5+,6+,7+,8-,9-,10-,11?,12-/m0/s1. The minimum Gasteiger partial charge on any atom is -0.394 e. The van der Waals surface area contributed by atoms with Gasteiger partial charge in [-0.3, -0.25) is 0 Å². The Labute approximate surface area is 130 Å². The second kappa shape index (κ2) is 7.90. The van der Waals surface area contributed by atoms with Crippen molar-refractivity contribution in [3.63, 3.8) is 0 Å². The average molecular weight is 342 g/mol. The molecule has 1 heterocycles. The highest BCUT2D eigenvalue weighted by Crippen LogP contribution is 2.36. The van der Waals surface area contributed by atoms with Crippen molar-refractivity contribution in [2.24, 2.45) is 0 Å². The van der Waals surface area contributed by atoms with E-state index in [0.29, 0.717) is 0 Å². The van der Waals surface area contributed by atoms with Crippen LogP contribution in [0.1, 0.15) is 0 Å². The minimum atomic E-state index is -2.36. The predicted molar refractivity (Wildman–Crippen MR) is 69.9 cm³/mol. The van der Waals surface area contributed by atoms with Crippen molar-refractivity contribution in [2.75, 3.05) is 13.2 Å². The van der Waals surface area contributed by atoms with Gasteiger partial charge in [0.15, 0.2) is 6.29 Å². The Balaban J connectivity index is 3.00. The molecule has 0 saturated carbocycles. The molecule has 11 heteroatoms. The fraction of sp³-hybridized carbons (Fsp3) is 0.917. The maximum absolute atomic E-state index is 10.4. The number of aliphatic hydroxyl groups excluding tert-OH is 9. The number of hydrogen-bond acceptors (Lipinski definition) is 11. The zero-order valence-electron chi connectivity index (χ0n) is 12.0. The molecule has 0 aliphatic carbocycles. The summed E-state index contributed by atoms with van der Waals surface area (Å²) in [4.78, 5) is 10.4. The third-order valence-corrected chi connectivity index (χ3v) is 4.02. The summed E-state index contributed by atoms with van der Waals surface area (Å²) in [5, 5.41) is 86.3. The molecule has 1 aliphatic rings. The van der Waals surface area contributed by atoms with Gasteiger partial charge in [0.1, 0.15) is 54.4 Å². The molecule has 0 radical (unpaired) electrons. The summed E-state index contributed by atoms with van der Waals surface area (Å²) in [6.45, 7) is -1.88. The SMILES string of the molecule is O=C[C@H](O)[C@@H](O)[C@H](O)[C@H](O)C(O)[C@@]1(CO)O[C@H](CO)[C@@H](O)[C@@H]1O. The van der Waals surface area contributed by atoms with Crippen LogP contribution < -0.4 is 0 Å². The van der Waals surface area contributed by atoms with Gasteiger partial charge in [-0.25, -0.2) is 0 Å². The number of rotatable bonds is 8. The lowest BCUT2D eigenvalue weighted by Crippen LogP contribution is -2.63. The van der Waals surface area contributed by atoms with Crippen LogP contribution >= 0.6 is 0 Å². The first-order chi connectivity index (χ1) is 10.7. The van der Waals surface area contributed by atoms with E-state index in [1.54, 1.807) is 0 Å². The van der Waals surface area contributed by atoms with E-state index in [0.717, 1.165) is 0 Å². The van der Waals surface area contributed by atoms with Crippen molar-refractivity contribution in [1.29, 1.82) is 0 Å². The number of aliphatic hydroxyl groups is 9. The lowest BCUT2D eigenvalue weighted by molar-refractivity contribution is -0.222. The Bertz CT molecular complexity index is 393. The number of carbonyl (C=O) groups is 1. The van der Waals surface area contributed by atoms with Gasteiger partial charge in [-0.1, -0.05) is 0 Å². The Kier molecular flexibility index (Phi) is 6.97. The molecule has 1 saturated heterocycles. The summed E-state index contributed by atoms with van der Waals surface area (Å²) in [6, 6.07) is 0. The molecule has 1 fully saturated rings. The zero-order valence-corrected chi connectivity index (χ0v) is 12.0. The van der Waals surface area contributed by atoms with E-state index < -0.39 is 67.6 Å². The van der Waals surface area contributed by atoms with Gasteiger partial charge in [0.05, 0.1) is 13.2 Å². The molecule has 1 aliphatic heterocycles. The molecule has 1 unspecified atom stereocenters. The van der Waals surface area contributed by atoms with E-state index in [1.165, 1.54) is 0 Å². The molecule has 0 aromatic heterocycles. The van der Waals surface area contributed by atoms with Crippen LogP contribution in [0.25, 0.3) is 0 Å². The molecule has 1 rings (SSSR count). The van der Waals surface area contributed by atoms with Crippen molar-refractivity contribution in [2.45, 2.75) is 54.4 Å². The van der Waals surface area contributed by atoms with E-state index in [1.807, 2.05) is 0 Å². The van der Waals surface area contributed by atoms with Gasteiger partial charge in [-0.05, 0) is 0 Å². The van der Waals surface area contributed by atoms with Gasteiger partial charge in [0.2, 0.25) is 0 Å². The number of hydrogen-bond donors (Lipinski definition) is 9. The fourth-order valence-electron chi connectivity index (χ4n) is 2.49. The van der Waals surface area contributed by atoms with Crippen LogP contribution in [0, 0.1) is 0 Å². The third-order valence-electron chi connectivity index (χ3n) is 4.02. The van der Waals surface area contributed by atoms with Crippen LogP contribution in [-0.4, -0.2) is 120 Å². The van der Waals surface area contributed by atoms with E-state index in [-0.39, 0.29) is 6.29 Å². The van der Waals surface area contributed by atoms with E-state index in [9.17, 15) is 40.5 Å². The molecule has 0 spiro atoms. The first-order valence-corrected chi connectivity index (χ1v) is 6.79. The number of aldehydes is 1. The van der Waals surface area contributed by atoms with Crippen molar-refractivity contribution in [3.05, 3.63) is 0 Å². The molecule has 9 N–H and O–H groups in total. The zero-order chi connectivity index (χ0) is 17.9. The molecular formula is C12H22O11. The lowest BCUT2D eigenvalue weighted by Gasteiger charge is -2.39. The van der Waals surface area contributed by atoms with Gasteiger partial charge < -0.3 is 55.5 Å². The van der Waals surface area contributed by atoms with E-state index in [4.69, 9.17) is 14.9 Å². The van der Waals surface area contributed by atoms with Crippen LogP contribution in [0.3, 0.4) is 0 Å². The highest BCUT2D eigenvalue weighted by molar-refractivity contribution is 5.56. The van der Waals surface area contributed by atoms with Crippen LogP contribution in [0.15, 0.2) is 0 Å². The van der Waals surface area contributed by atoms with Crippen LogP contribution in [-0.2, 0) is 9.53 Å². The van der Waals surface area contributed by atoms with Gasteiger partial charge >= 0.3 is 0 Å². The normalized spacial score (nSPS) is 37.9. The maximum Gasteiger partial charge on any atom is 0.151 e. The first kappa shape index (κ1) is 20.3. The van der Waals surface area contributed by atoms with E-state index >= 15 is 0 Å². The first-order valence-electron chi connectivity index (χ1n) is 6.79. The number of ether oxygens (including phenoxy) is 1. The smallest absolute Gasteiger partial charge is 0.151 e. The summed E-state index contributed by atoms with van der Waals surface area (Å²) in [5.41, 5.74) is -2.36. The predicted octanol–water partition coefficient (Wildman–Crippen LogP) is -6.17. The number of carbonyl (C=O) groups excluding carboxylic acids is 1. The van der Waals surface area contributed by atoms with Crippen LogP contribution in [0.5, 0.6) is 0 Å². The quantitative estimate of drug-likeness (QED) is 0.189. The summed E-state index contributed by atoms with van der Waals surface area (Å²) >= 11 is 0. The van der Waals surface area contributed by atoms with Crippen molar-refractivity contribution in [1.82, 2.24) is 0 Å². The molecule has 0 amide bonds. The highest BCUT2D eigenvalue weighted by atomic mass is 16.6. The van der Waals surface area contributed by atoms with Crippen LogP contribution in [0.4, 0.5) is 0 Å². The molecule has 9 atom stereocenters. The van der Waals surface area contributed by atoms with Gasteiger partial charge in [0.25, 0.3) is 0 Å². The largest absolute Gasteiger partial charge is 0.394 e. The fourth-order valence-corrected chi connectivity index (χ4v) is 2.49. The van der Waals surface area contributed by atoms with Gasteiger partial charge in [-0.2, -0.15) is 0 Å². The molecule has 0 aromatic rings. The third kappa shape index (κ3) is 3.53. The molecule has 11 nitrogen and oxygen atoms in total. The molecule has 0 bridgehead atoms.